The third-order valence-corrected chi connectivity index (χ3v) is 4.26. The van der Waals surface area contributed by atoms with E-state index < -0.39 is 15.6 Å². The summed E-state index contributed by atoms with van der Waals surface area (Å²) in [7, 11) is -3.50. The van der Waals surface area contributed by atoms with Crippen LogP contribution in [0.3, 0.4) is 0 Å². The van der Waals surface area contributed by atoms with Crippen LogP contribution in [0.1, 0.15) is 33.3 Å². The van der Waals surface area contributed by atoms with Gasteiger partial charge in [-0.15, -0.1) is 0 Å². The van der Waals surface area contributed by atoms with Gasteiger partial charge in [-0.05, 0) is 44.9 Å². The van der Waals surface area contributed by atoms with E-state index in [1.165, 1.54) is 6.07 Å². The number of hydrogen-bond donors (Lipinski definition) is 1. The van der Waals surface area contributed by atoms with Crippen LogP contribution in [0.5, 0.6) is 0 Å². The predicted molar refractivity (Wildman–Crippen MR) is 70.9 cm³/mol. The van der Waals surface area contributed by atoms with E-state index in [2.05, 4.69) is 4.72 Å². The molecule has 1 aromatic rings. The van der Waals surface area contributed by atoms with Crippen LogP contribution < -0.4 is 4.72 Å². The van der Waals surface area contributed by atoms with Crippen molar-refractivity contribution in [3.05, 3.63) is 28.8 Å². The monoisotopic (exact) mass is 275 g/mol. The highest BCUT2D eigenvalue weighted by Crippen LogP contribution is 2.22. The normalized spacial score (nSPS) is 12.8. The molecular formula is C12H18ClNO2S. The molecule has 0 aliphatic carbocycles. The smallest absolute Gasteiger partial charge is 0.207 e. The molecule has 0 aliphatic heterocycles. The number of rotatable bonds is 3. The van der Waals surface area contributed by atoms with Gasteiger partial charge >= 0.3 is 0 Å². The highest BCUT2D eigenvalue weighted by molar-refractivity contribution is 7.89. The molecule has 17 heavy (non-hydrogen) atoms. The molecule has 0 atom stereocenters. The van der Waals surface area contributed by atoms with Crippen LogP contribution in [0.25, 0.3) is 0 Å². The van der Waals surface area contributed by atoms with Gasteiger partial charge in [0.1, 0.15) is 0 Å². The number of sulfonamides is 1. The van der Waals surface area contributed by atoms with Gasteiger partial charge in [-0.1, -0.05) is 24.6 Å². The first-order chi connectivity index (χ1) is 7.65. The Morgan fingerprint density at radius 2 is 1.88 bits per heavy atom. The van der Waals surface area contributed by atoms with Crippen molar-refractivity contribution in [2.24, 2.45) is 0 Å². The first-order valence-corrected chi connectivity index (χ1v) is 7.34. The minimum atomic E-state index is -3.50. The minimum Gasteiger partial charge on any atom is -0.207 e. The maximum absolute atomic E-state index is 12.0. The van der Waals surface area contributed by atoms with Crippen molar-refractivity contribution in [2.75, 3.05) is 0 Å². The van der Waals surface area contributed by atoms with Gasteiger partial charge in [0, 0.05) is 10.6 Å². The molecule has 5 heteroatoms. The molecule has 0 radical (unpaired) electrons. The Hall–Kier alpha value is -0.580. The Kier molecular flexibility index (Phi) is 4.23. The molecule has 3 nitrogen and oxygen atoms in total. The highest BCUT2D eigenvalue weighted by atomic mass is 35.5. The molecular weight excluding hydrogens is 258 g/mol. The average Bonchev–Trinajstić information content (AvgIpc) is 2.13. The second kappa shape index (κ2) is 4.96. The van der Waals surface area contributed by atoms with Crippen molar-refractivity contribution >= 4 is 21.6 Å². The van der Waals surface area contributed by atoms with E-state index in [4.69, 9.17) is 11.6 Å². The van der Waals surface area contributed by atoms with Gasteiger partial charge in [0.25, 0.3) is 0 Å². The number of nitrogens with one attached hydrogen (secondary N) is 1. The summed E-state index contributed by atoms with van der Waals surface area (Å²) in [5.74, 6) is 0. The van der Waals surface area contributed by atoms with Crippen molar-refractivity contribution in [1.29, 1.82) is 0 Å². The maximum atomic E-state index is 12.0. The molecule has 1 rings (SSSR count). The predicted octanol–water partition coefficient (Wildman–Crippen LogP) is 2.98. The fraction of sp³-hybridized carbons (Fsp3) is 0.500. The van der Waals surface area contributed by atoms with Gasteiger partial charge in [0.2, 0.25) is 10.0 Å². The summed E-state index contributed by atoms with van der Waals surface area (Å²) >= 11 is 6.01. The Balaban J connectivity index is 3.13. The summed E-state index contributed by atoms with van der Waals surface area (Å²) < 4.78 is 26.6. The van der Waals surface area contributed by atoms with Crippen LogP contribution in [0.4, 0.5) is 0 Å². The lowest BCUT2D eigenvalue weighted by Gasteiger charge is -2.20. The summed E-state index contributed by atoms with van der Waals surface area (Å²) in [6.07, 6.45) is 0.784. The molecule has 0 amide bonds. The number of halogens is 1. The van der Waals surface area contributed by atoms with Crippen LogP contribution in [0.2, 0.25) is 5.02 Å². The topological polar surface area (TPSA) is 46.2 Å². The van der Waals surface area contributed by atoms with Crippen LogP contribution in [-0.2, 0) is 16.4 Å². The molecule has 0 spiro atoms. The third kappa shape index (κ3) is 3.98. The lowest BCUT2D eigenvalue weighted by atomic mass is 10.1. The van der Waals surface area contributed by atoms with Crippen LogP contribution in [0, 0.1) is 0 Å². The standard InChI is InChI=1S/C12H18ClNO2S/c1-5-9-6-7-10(8-11(9)13)17(15,16)14-12(2,3)4/h6-8,14H,5H2,1-4H3. The van der Waals surface area contributed by atoms with Crippen LogP contribution in [-0.4, -0.2) is 14.0 Å². The van der Waals surface area contributed by atoms with Gasteiger partial charge in [-0.3, -0.25) is 0 Å². The first kappa shape index (κ1) is 14.5. The molecule has 0 saturated heterocycles. The fourth-order valence-corrected chi connectivity index (χ4v) is 3.27. The van der Waals surface area contributed by atoms with E-state index in [-0.39, 0.29) is 4.90 Å². The summed E-state index contributed by atoms with van der Waals surface area (Å²) in [5.41, 5.74) is 0.440. The van der Waals surface area contributed by atoms with E-state index in [0.717, 1.165) is 12.0 Å². The molecule has 0 heterocycles. The Bertz CT molecular complexity index is 504. The van der Waals surface area contributed by atoms with Crippen molar-refractivity contribution in [3.8, 4) is 0 Å². The molecule has 0 saturated carbocycles. The molecule has 0 aromatic heterocycles. The lowest BCUT2D eigenvalue weighted by Crippen LogP contribution is -2.40. The molecule has 0 fully saturated rings. The Labute approximate surface area is 108 Å². The lowest BCUT2D eigenvalue weighted by molar-refractivity contribution is 0.491. The minimum absolute atomic E-state index is 0.203. The first-order valence-electron chi connectivity index (χ1n) is 5.48. The fourth-order valence-electron chi connectivity index (χ4n) is 1.44. The third-order valence-electron chi connectivity index (χ3n) is 2.16. The summed E-state index contributed by atoms with van der Waals surface area (Å²) in [5, 5.41) is 0.490. The largest absolute Gasteiger partial charge is 0.241 e. The highest BCUT2D eigenvalue weighted by Gasteiger charge is 2.22. The zero-order valence-electron chi connectivity index (χ0n) is 10.5. The Morgan fingerprint density at radius 1 is 1.29 bits per heavy atom. The summed E-state index contributed by atoms with van der Waals surface area (Å²) in [4.78, 5) is 0.203. The number of aryl methyl sites for hydroxylation is 1. The average molecular weight is 276 g/mol. The van der Waals surface area contributed by atoms with E-state index >= 15 is 0 Å². The summed E-state index contributed by atoms with van der Waals surface area (Å²) in [6.45, 7) is 7.37. The number of benzene rings is 1. The molecule has 1 N–H and O–H groups in total. The zero-order chi connectivity index (χ0) is 13.3. The quantitative estimate of drug-likeness (QED) is 0.922. The molecule has 0 bridgehead atoms. The van der Waals surface area contributed by atoms with Crippen molar-refractivity contribution in [2.45, 2.75) is 44.6 Å². The molecule has 0 aliphatic rings. The van der Waals surface area contributed by atoms with Crippen molar-refractivity contribution in [1.82, 2.24) is 4.72 Å². The Morgan fingerprint density at radius 3 is 2.29 bits per heavy atom. The second-order valence-corrected chi connectivity index (χ2v) is 7.05. The van der Waals surface area contributed by atoms with Gasteiger partial charge in [-0.2, -0.15) is 0 Å². The van der Waals surface area contributed by atoms with Gasteiger partial charge in [0.05, 0.1) is 4.90 Å². The summed E-state index contributed by atoms with van der Waals surface area (Å²) in [6, 6.07) is 4.83. The SMILES string of the molecule is CCc1ccc(S(=O)(=O)NC(C)(C)C)cc1Cl. The van der Waals surface area contributed by atoms with Gasteiger partial charge in [0.15, 0.2) is 0 Å². The van der Waals surface area contributed by atoms with Gasteiger partial charge < -0.3 is 0 Å². The van der Waals surface area contributed by atoms with E-state index in [1.807, 2.05) is 6.92 Å². The maximum Gasteiger partial charge on any atom is 0.241 e. The van der Waals surface area contributed by atoms with Crippen molar-refractivity contribution < 1.29 is 8.42 Å². The molecule has 96 valence electrons. The van der Waals surface area contributed by atoms with E-state index in [0.29, 0.717) is 5.02 Å². The van der Waals surface area contributed by atoms with Crippen LogP contribution >= 0.6 is 11.6 Å². The molecule has 1 aromatic carbocycles. The van der Waals surface area contributed by atoms with E-state index in [1.54, 1.807) is 32.9 Å². The van der Waals surface area contributed by atoms with Crippen molar-refractivity contribution in [3.63, 3.8) is 0 Å². The van der Waals surface area contributed by atoms with Crippen LogP contribution in [0.15, 0.2) is 23.1 Å². The molecule has 0 unspecified atom stereocenters. The zero-order valence-corrected chi connectivity index (χ0v) is 12.1. The van der Waals surface area contributed by atoms with Gasteiger partial charge in [-0.25, -0.2) is 13.1 Å². The van der Waals surface area contributed by atoms with E-state index in [9.17, 15) is 8.42 Å². The number of hydrogen-bond acceptors (Lipinski definition) is 2. The second-order valence-electron chi connectivity index (χ2n) is 4.96.